The molecule has 44 heavy (non-hydrogen) atoms. The van der Waals surface area contributed by atoms with Gasteiger partial charge in [0.15, 0.2) is 5.78 Å². The fourth-order valence-corrected chi connectivity index (χ4v) is 9.78. The summed E-state index contributed by atoms with van der Waals surface area (Å²) < 4.78 is 16.9. The first kappa shape index (κ1) is 31.2. The number of ketones is 1. The van der Waals surface area contributed by atoms with Crippen molar-refractivity contribution in [3.8, 4) is 0 Å². The molecule has 3 aliphatic heterocycles. The molecule has 0 amide bonds. The van der Waals surface area contributed by atoms with Crippen LogP contribution in [0.5, 0.6) is 0 Å². The average Bonchev–Trinajstić information content (AvgIpc) is 3.56. The summed E-state index contributed by atoms with van der Waals surface area (Å²) in [4.78, 5) is 44.5. The number of hydrazine groups is 1. The molecular weight excluding hydrogens is 578 g/mol. The Morgan fingerprint density at radius 3 is 2.59 bits per heavy atom. The van der Waals surface area contributed by atoms with Gasteiger partial charge < -0.3 is 39.6 Å². The van der Waals surface area contributed by atoms with Crippen LogP contribution in [0.3, 0.4) is 0 Å². The van der Waals surface area contributed by atoms with Gasteiger partial charge in [0.1, 0.15) is 17.6 Å². The van der Waals surface area contributed by atoms with E-state index in [1.807, 2.05) is 13.8 Å². The van der Waals surface area contributed by atoms with Gasteiger partial charge in [0, 0.05) is 30.1 Å². The molecule has 4 bridgehead atoms. The van der Waals surface area contributed by atoms with E-state index in [1.165, 1.54) is 5.01 Å². The van der Waals surface area contributed by atoms with Crippen molar-refractivity contribution in [2.45, 2.75) is 95.7 Å². The standard InChI is InChI=1S/C30H43N3O11/c1-17-18-9-10-19-28-15-42-30(39,25(38)23(28)27(2,3)12-11-20(28)34)29(19,24(17)37)26(18)44-22(36)8-6-7-21(35)41-16-43-31-33(40)32-13-4-5-14-32/h18-20,23,25-26,34,38-39H,1,4-16H2,2-3H3/b33-31-/t18-,19-,20-,23+,25-,26+,28+,29-,30-/m0/s1. The zero-order valence-corrected chi connectivity index (χ0v) is 25.3. The predicted octanol–water partition coefficient (Wildman–Crippen LogP) is 1.50. The van der Waals surface area contributed by atoms with Crippen molar-refractivity contribution < 1.29 is 53.7 Å². The van der Waals surface area contributed by atoms with Crippen molar-refractivity contribution in [3.63, 3.8) is 0 Å². The fourth-order valence-electron chi connectivity index (χ4n) is 9.78. The topological polar surface area (TPSA) is 190 Å². The third kappa shape index (κ3) is 4.23. The number of aliphatic hydroxyl groups is 3. The van der Waals surface area contributed by atoms with E-state index in [9.17, 15) is 34.9 Å². The third-order valence-corrected chi connectivity index (χ3v) is 11.6. The summed E-state index contributed by atoms with van der Waals surface area (Å²) in [7, 11) is 0. The molecule has 9 atom stereocenters. The van der Waals surface area contributed by atoms with E-state index < -0.39 is 82.6 Å². The Morgan fingerprint density at radius 2 is 1.86 bits per heavy atom. The highest BCUT2D eigenvalue weighted by molar-refractivity contribution is 6.05. The second-order valence-corrected chi connectivity index (χ2v) is 14.0. The first-order valence-electron chi connectivity index (χ1n) is 15.7. The number of fused-ring (bicyclic) bond motifs is 2. The Bertz CT molecular complexity index is 1250. The first-order chi connectivity index (χ1) is 20.8. The molecular formula is C30H43N3O11. The molecule has 7 fully saturated rings. The molecule has 3 heterocycles. The summed E-state index contributed by atoms with van der Waals surface area (Å²) in [6, 6.07) is 0. The number of ether oxygens (including phenoxy) is 3. The summed E-state index contributed by atoms with van der Waals surface area (Å²) >= 11 is 0. The van der Waals surface area contributed by atoms with E-state index in [4.69, 9.17) is 19.0 Å². The molecule has 7 aliphatic rings. The zero-order valence-electron chi connectivity index (χ0n) is 25.3. The van der Waals surface area contributed by atoms with Crippen LogP contribution in [0.4, 0.5) is 0 Å². The monoisotopic (exact) mass is 621 g/mol. The van der Waals surface area contributed by atoms with Crippen LogP contribution in [0.15, 0.2) is 17.4 Å². The number of Topliss-reactive ketones (excluding diaryl/α,β-unsaturated/α-hetero) is 1. The second-order valence-electron chi connectivity index (χ2n) is 14.0. The lowest BCUT2D eigenvalue weighted by molar-refractivity contribution is -0.708. The number of nitrogens with zero attached hydrogens (tertiary/aromatic N) is 3. The molecule has 4 saturated carbocycles. The van der Waals surface area contributed by atoms with Crippen LogP contribution in [-0.4, -0.2) is 93.6 Å². The van der Waals surface area contributed by atoms with E-state index in [0.29, 0.717) is 43.7 Å². The minimum Gasteiger partial charge on any atom is -0.569 e. The average molecular weight is 622 g/mol. The van der Waals surface area contributed by atoms with E-state index in [1.54, 1.807) is 0 Å². The SMILES string of the molecule is C=C1C(=O)[C@]23[C@H](OC(=O)CCCC(=O)OCO/N=[N+](\[O-])N4CCCC4)[C@H]1CC[C@H]2[C@@]12CO[C@@]3(O)[C@@H](O)[C@@H]1C(C)(C)CC[C@@H]2O. The lowest BCUT2D eigenvalue weighted by Crippen LogP contribution is -2.85. The lowest BCUT2D eigenvalue weighted by Gasteiger charge is -2.74. The normalized spacial score (nSPS) is 42.1. The third-order valence-electron chi connectivity index (χ3n) is 11.6. The summed E-state index contributed by atoms with van der Waals surface area (Å²) in [6.07, 6.45) is 0.0417. The quantitative estimate of drug-likeness (QED) is 0.0641. The van der Waals surface area contributed by atoms with Crippen LogP contribution in [0, 0.1) is 39.2 Å². The minimum absolute atomic E-state index is 0.0163. The Hall–Kier alpha value is -2.81. The summed E-state index contributed by atoms with van der Waals surface area (Å²) in [6.45, 7) is 8.59. The van der Waals surface area contributed by atoms with Gasteiger partial charge in [-0.05, 0) is 61.9 Å². The number of rotatable bonds is 9. The van der Waals surface area contributed by atoms with Crippen LogP contribution in [0.2, 0.25) is 0 Å². The molecule has 4 aliphatic carbocycles. The van der Waals surface area contributed by atoms with Gasteiger partial charge in [-0.25, -0.2) is 0 Å². The maximum absolute atomic E-state index is 14.1. The highest BCUT2D eigenvalue weighted by atomic mass is 16.8. The molecule has 2 spiro atoms. The number of carbonyl (C=O) groups is 3. The Morgan fingerprint density at radius 1 is 1.16 bits per heavy atom. The number of hydrogen-bond acceptors (Lipinski definition) is 12. The summed E-state index contributed by atoms with van der Waals surface area (Å²) in [5.41, 5.74) is -3.06. The molecule has 3 saturated heterocycles. The van der Waals surface area contributed by atoms with Crippen LogP contribution < -0.4 is 0 Å². The molecule has 0 aromatic carbocycles. The summed E-state index contributed by atoms with van der Waals surface area (Å²) in [5.74, 6) is -5.89. The molecule has 14 heteroatoms. The molecule has 0 radical (unpaired) electrons. The highest BCUT2D eigenvalue weighted by Crippen LogP contribution is 2.76. The van der Waals surface area contributed by atoms with Gasteiger partial charge in [-0.15, -0.1) is 5.01 Å². The molecule has 7 rings (SSSR count). The highest BCUT2D eigenvalue weighted by Gasteiger charge is 2.87. The lowest BCUT2D eigenvalue weighted by atomic mass is 9.35. The van der Waals surface area contributed by atoms with Crippen LogP contribution in [-0.2, 0) is 33.4 Å². The molecule has 0 unspecified atom stereocenters. The van der Waals surface area contributed by atoms with Crippen molar-refractivity contribution in [1.29, 1.82) is 0 Å². The Kier molecular flexibility index (Phi) is 7.74. The van der Waals surface area contributed by atoms with E-state index >= 15 is 0 Å². The largest absolute Gasteiger partial charge is 0.569 e. The van der Waals surface area contributed by atoms with E-state index in [0.717, 1.165) is 12.8 Å². The van der Waals surface area contributed by atoms with Crippen molar-refractivity contribution in [3.05, 3.63) is 17.4 Å². The molecule has 244 valence electrons. The van der Waals surface area contributed by atoms with Gasteiger partial charge in [-0.3, -0.25) is 14.4 Å². The van der Waals surface area contributed by atoms with Gasteiger partial charge in [0.05, 0.1) is 30.8 Å². The van der Waals surface area contributed by atoms with Gasteiger partial charge in [0.25, 0.3) is 6.79 Å². The minimum atomic E-state index is -2.33. The molecule has 0 aromatic heterocycles. The van der Waals surface area contributed by atoms with Gasteiger partial charge in [0.2, 0.25) is 11.1 Å². The van der Waals surface area contributed by atoms with Gasteiger partial charge in [-0.1, -0.05) is 20.4 Å². The van der Waals surface area contributed by atoms with E-state index in [-0.39, 0.29) is 31.4 Å². The van der Waals surface area contributed by atoms with Crippen LogP contribution in [0.25, 0.3) is 0 Å². The zero-order chi connectivity index (χ0) is 31.7. The maximum atomic E-state index is 14.1. The number of aliphatic hydroxyl groups excluding tert-OH is 2. The molecule has 14 nitrogen and oxygen atoms in total. The number of carbonyl (C=O) groups excluding carboxylic acids is 3. The van der Waals surface area contributed by atoms with Crippen molar-refractivity contribution >= 4 is 17.7 Å². The van der Waals surface area contributed by atoms with Crippen molar-refractivity contribution in [2.75, 3.05) is 26.5 Å². The first-order valence-corrected chi connectivity index (χ1v) is 15.7. The van der Waals surface area contributed by atoms with Crippen LogP contribution in [0.1, 0.15) is 71.6 Å². The number of hydrogen-bond donors (Lipinski definition) is 3. The second kappa shape index (κ2) is 10.9. The van der Waals surface area contributed by atoms with E-state index in [2.05, 4.69) is 11.9 Å². The van der Waals surface area contributed by atoms with Crippen molar-refractivity contribution in [1.82, 2.24) is 5.01 Å². The maximum Gasteiger partial charge on any atom is 0.308 e. The Balaban J connectivity index is 1.13. The Labute approximate surface area is 255 Å². The fraction of sp³-hybridized carbons (Fsp3) is 0.833. The molecule has 0 aromatic rings. The smallest absolute Gasteiger partial charge is 0.308 e. The van der Waals surface area contributed by atoms with Crippen LogP contribution >= 0.6 is 0 Å². The van der Waals surface area contributed by atoms with Gasteiger partial charge in [-0.2, -0.15) is 0 Å². The van der Waals surface area contributed by atoms with Gasteiger partial charge >= 0.3 is 11.9 Å². The summed E-state index contributed by atoms with van der Waals surface area (Å²) in [5, 5.41) is 52.1. The predicted molar refractivity (Wildman–Crippen MR) is 147 cm³/mol. The molecule has 3 N–H and O–H groups in total. The van der Waals surface area contributed by atoms with Crippen molar-refractivity contribution in [2.24, 2.45) is 39.3 Å². The number of esters is 2.